The number of benzene rings is 2. The van der Waals surface area contributed by atoms with Crippen molar-refractivity contribution < 1.29 is 19.1 Å². The lowest BCUT2D eigenvalue weighted by molar-refractivity contribution is -0.116. The van der Waals surface area contributed by atoms with Crippen molar-refractivity contribution >= 4 is 35.3 Å². The molecule has 0 bridgehead atoms. The summed E-state index contributed by atoms with van der Waals surface area (Å²) in [5.41, 5.74) is 8.82. The molecule has 0 radical (unpaired) electrons. The van der Waals surface area contributed by atoms with Gasteiger partial charge in [0, 0.05) is 30.9 Å². The third-order valence-electron chi connectivity index (χ3n) is 5.59. The molecular formula is C27H27ClN4O4. The number of hydrogen-bond donors (Lipinski definition) is 2. The number of carbonyl (C=O) groups excluding carboxylic acids is 2. The first-order valence-corrected chi connectivity index (χ1v) is 11.9. The van der Waals surface area contributed by atoms with E-state index in [-0.39, 0.29) is 18.4 Å². The summed E-state index contributed by atoms with van der Waals surface area (Å²) in [6.45, 7) is 2.95. The Labute approximate surface area is 214 Å². The molecule has 3 N–H and O–H groups in total. The molecule has 1 aliphatic rings. The van der Waals surface area contributed by atoms with Gasteiger partial charge >= 0.3 is 0 Å². The number of carbonyl (C=O) groups is 2. The standard InChI is InChI=1S/C27H27ClN4O4/c28-23-17-22(20-3-5-21(6-4-20)27(34)32-12-15-35-16-13-32)7-8-24(23)36-14-11-30-26(33)10-2-19-1-9-25(29)31-18-19/h1-10,17-18H,11-16H2,(H2,29,31)(H,30,33)/b10-2+. The van der Waals surface area contributed by atoms with Gasteiger partial charge in [0.05, 0.1) is 24.8 Å². The fourth-order valence-corrected chi connectivity index (χ4v) is 3.87. The highest BCUT2D eigenvalue weighted by Gasteiger charge is 2.18. The number of aromatic nitrogens is 1. The van der Waals surface area contributed by atoms with E-state index in [1.807, 2.05) is 36.4 Å². The maximum Gasteiger partial charge on any atom is 0.254 e. The van der Waals surface area contributed by atoms with Gasteiger partial charge in [-0.15, -0.1) is 0 Å². The molecule has 9 heteroatoms. The minimum atomic E-state index is -0.243. The lowest BCUT2D eigenvalue weighted by Gasteiger charge is -2.26. The average Bonchev–Trinajstić information content (AvgIpc) is 2.91. The first-order chi connectivity index (χ1) is 17.5. The predicted octanol–water partition coefficient (Wildman–Crippen LogP) is 3.67. The van der Waals surface area contributed by atoms with Gasteiger partial charge in [-0.1, -0.05) is 29.8 Å². The number of nitrogens with two attached hydrogens (primary N) is 1. The minimum Gasteiger partial charge on any atom is -0.490 e. The zero-order valence-electron chi connectivity index (χ0n) is 19.7. The molecule has 36 heavy (non-hydrogen) atoms. The predicted molar refractivity (Wildman–Crippen MR) is 140 cm³/mol. The Morgan fingerprint density at radius 3 is 2.53 bits per heavy atom. The van der Waals surface area contributed by atoms with Crippen molar-refractivity contribution in [2.45, 2.75) is 0 Å². The number of nitrogens with one attached hydrogen (secondary N) is 1. The van der Waals surface area contributed by atoms with Crippen molar-refractivity contribution in [3.8, 4) is 16.9 Å². The molecule has 1 saturated heterocycles. The van der Waals surface area contributed by atoms with Crippen LogP contribution in [0.5, 0.6) is 5.75 Å². The van der Waals surface area contributed by atoms with Gasteiger partial charge < -0.3 is 25.4 Å². The van der Waals surface area contributed by atoms with Crippen molar-refractivity contribution in [2.24, 2.45) is 0 Å². The lowest BCUT2D eigenvalue weighted by Crippen LogP contribution is -2.40. The smallest absolute Gasteiger partial charge is 0.254 e. The summed E-state index contributed by atoms with van der Waals surface area (Å²) < 4.78 is 11.0. The quantitative estimate of drug-likeness (QED) is 0.356. The molecule has 0 unspecified atom stereocenters. The number of rotatable bonds is 8. The van der Waals surface area contributed by atoms with Crippen LogP contribution in [0, 0.1) is 0 Å². The number of ether oxygens (including phenoxy) is 2. The zero-order chi connectivity index (χ0) is 25.3. The van der Waals surface area contributed by atoms with Crippen LogP contribution in [0.25, 0.3) is 17.2 Å². The third-order valence-corrected chi connectivity index (χ3v) is 5.89. The lowest BCUT2D eigenvalue weighted by atomic mass is 10.0. The Bertz CT molecular complexity index is 1220. The summed E-state index contributed by atoms with van der Waals surface area (Å²) in [6.07, 6.45) is 4.67. The molecule has 1 aromatic heterocycles. The van der Waals surface area contributed by atoms with Crippen LogP contribution < -0.4 is 15.8 Å². The van der Waals surface area contributed by atoms with E-state index < -0.39 is 0 Å². The second-order valence-electron chi connectivity index (χ2n) is 8.12. The number of morpholine rings is 1. The topological polar surface area (TPSA) is 107 Å². The Hall–Kier alpha value is -3.88. The molecule has 1 fully saturated rings. The van der Waals surface area contributed by atoms with E-state index in [0.29, 0.717) is 55.0 Å². The second-order valence-corrected chi connectivity index (χ2v) is 8.52. The highest BCUT2D eigenvalue weighted by Crippen LogP contribution is 2.30. The highest BCUT2D eigenvalue weighted by atomic mass is 35.5. The number of hydrogen-bond acceptors (Lipinski definition) is 6. The molecule has 0 spiro atoms. The first kappa shape index (κ1) is 25.2. The van der Waals surface area contributed by atoms with Gasteiger partial charge in [0.25, 0.3) is 5.91 Å². The number of nitrogen functional groups attached to an aromatic ring is 1. The molecule has 0 aliphatic carbocycles. The highest BCUT2D eigenvalue weighted by molar-refractivity contribution is 6.32. The van der Waals surface area contributed by atoms with Crippen molar-refractivity contribution in [2.75, 3.05) is 45.2 Å². The molecule has 2 aromatic carbocycles. The monoisotopic (exact) mass is 506 g/mol. The molecular weight excluding hydrogens is 480 g/mol. The van der Waals surface area contributed by atoms with E-state index in [0.717, 1.165) is 16.7 Å². The zero-order valence-corrected chi connectivity index (χ0v) is 20.4. The first-order valence-electron chi connectivity index (χ1n) is 11.6. The summed E-state index contributed by atoms with van der Waals surface area (Å²) >= 11 is 6.42. The number of anilines is 1. The summed E-state index contributed by atoms with van der Waals surface area (Å²) in [5.74, 6) is 0.718. The average molecular weight is 507 g/mol. The molecule has 8 nitrogen and oxygen atoms in total. The molecule has 4 rings (SSSR count). The SMILES string of the molecule is Nc1ccc(/C=C/C(=O)NCCOc2ccc(-c3ccc(C(=O)N4CCOCC4)cc3)cc2Cl)cn1. The Kier molecular flexibility index (Phi) is 8.54. The van der Waals surface area contributed by atoms with Crippen molar-refractivity contribution in [1.29, 1.82) is 0 Å². The van der Waals surface area contributed by atoms with Crippen LogP contribution in [-0.4, -0.2) is 61.2 Å². The molecule has 0 atom stereocenters. The maximum atomic E-state index is 12.6. The molecule has 2 heterocycles. The summed E-state index contributed by atoms with van der Waals surface area (Å²) in [7, 11) is 0. The van der Waals surface area contributed by atoms with E-state index in [2.05, 4.69) is 10.3 Å². The van der Waals surface area contributed by atoms with Crippen LogP contribution in [0.1, 0.15) is 15.9 Å². The molecule has 3 aromatic rings. The van der Waals surface area contributed by atoms with Crippen LogP contribution in [0.4, 0.5) is 5.82 Å². The number of halogens is 1. The van der Waals surface area contributed by atoms with E-state index in [1.54, 1.807) is 35.4 Å². The maximum absolute atomic E-state index is 12.6. The minimum absolute atomic E-state index is 0.0106. The Balaban J connectivity index is 1.26. The van der Waals surface area contributed by atoms with Crippen LogP contribution in [0.2, 0.25) is 5.02 Å². The normalized spacial score (nSPS) is 13.5. The fraction of sp³-hybridized carbons (Fsp3) is 0.222. The van der Waals surface area contributed by atoms with Gasteiger partial charge in [-0.2, -0.15) is 0 Å². The fourth-order valence-electron chi connectivity index (χ4n) is 3.63. The van der Waals surface area contributed by atoms with Gasteiger partial charge in [0.1, 0.15) is 18.2 Å². The second kappa shape index (κ2) is 12.2. The van der Waals surface area contributed by atoms with Crippen LogP contribution in [-0.2, 0) is 9.53 Å². The van der Waals surface area contributed by atoms with E-state index in [1.165, 1.54) is 6.08 Å². The summed E-state index contributed by atoms with van der Waals surface area (Å²) in [6, 6.07) is 16.4. The van der Waals surface area contributed by atoms with Crippen molar-refractivity contribution in [3.63, 3.8) is 0 Å². The van der Waals surface area contributed by atoms with Crippen molar-refractivity contribution in [1.82, 2.24) is 15.2 Å². The third kappa shape index (κ3) is 6.84. The van der Waals surface area contributed by atoms with Gasteiger partial charge in [-0.25, -0.2) is 4.98 Å². The van der Waals surface area contributed by atoms with Crippen LogP contribution in [0.3, 0.4) is 0 Å². The van der Waals surface area contributed by atoms with E-state index in [4.69, 9.17) is 26.8 Å². The molecule has 0 saturated carbocycles. The summed E-state index contributed by atoms with van der Waals surface area (Å²) in [5, 5.41) is 3.21. The Morgan fingerprint density at radius 1 is 1.08 bits per heavy atom. The van der Waals surface area contributed by atoms with Crippen LogP contribution in [0.15, 0.2) is 66.9 Å². The number of nitrogens with zero attached hydrogens (tertiary/aromatic N) is 2. The van der Waals surface area contributed by atoms with Crippen LogP contribution >= 0.6 is 11.6 Å². The van der Waals surface area contributed by atoms with Gasteiger partial charge in [0.15, 0.2) is 0 Å². The molecule has 1 aliphatic heterocycles. The van der Waals surface area contributed by atoms with Gasteiger partial charge in [-0.05, 0) is 59.2 Å². The molecule has 186 valence electrons. The van der Waals surface area contributed by atoms with Crippen molar-refractivity contribution in [3.05, 3.63) is 83.0 Å². The number of amides is 2. The van der Waals surface area contributed by atoms with E-state index in [9.17, 15) is 9.59 Å². The number of pyridine rings is 1. The van der Waals surface area contributed by atoms with E-state index >= 15 is 0 Å². The van der Waals surface area contributed by atoms with Gasteiger partial charge in [0.2, 0.25) is 5.91 Å². The Morgan fingerprint density at radius 2 is 1.83 bits per heavy atom. The van der Waals surface area contributed by atoms with Gasteiger partial charge in [-0.3, -0.25) is 9.59 Å². The largest absolute Gasteiger partial charge is 0.490 e. The molecule has 2 amide bonds. The summed E-state index contributed by atoms with van der Waals surface area (Å²) in [4.78, 5) is 30.4.